The Bertz CT molecular complexity index is 958. The Morgan fingerprint density at radius 1 is 1.10 bits per heavy atom. The van der Waals surface area contributed by atoms with Crippen LogP contribution in [0.1, 0.15) is 19.4 Å². The molecule has 0 saturated carbocycles. The average Bonchev–Trinajstić information content (AvgIpc) is 3.18. The van der Waals surface area contributed by atoms with Crippen molar-refractivity contribution < 1.29 is 9.53 Å². The van der Waals surface area contributed by atoms with Gasteiger partial charge in [0.05, 0.1) is 18.8 Å². The van der Waals surface area contributed by atoms with Crippen molar-refractivity contribution in [1.29, 1.82) is 0 Å². The fraction of sp³-hybridized carbons (Fsp3) is 0.391. The average molecular weight is 395 g/mol. The van der Waals surface area contributed by atoms with Crippen LogP contribution in [0, 0.1) is 6.92 Å². The molecule has 154 valence electrons. The number of para-hydroxylation sites is 1. The van der Waals surface area contributed by atoms with Crippen LogP contribution in [-0.2, 0) is 11.3 Å². The second-order valence-electron chi connectivity index (χ2n) is 7.17. The fourth-order valence-electron chi connectivity index (χ4n) is 3.56. The van der Waals surface area contributed by atoms with Crippen molar-refractivity contribution in [1.82, 2.24) is 14.7 Å². The summed E-state index contributed by atoms with van der Waals surface area (Å²) in [5.74, 6) is 1.08. The monoisotopic (exact) mass is 394 g/mol. The fourth-order valence-corrected chi connectivity index (χ4v) is 3.56. The molecule has 2 aromatic carbocycles. The molecule has 3 aromatic rings. The van der Waals surface area contributed by atoms with Gasteiger partial charge < -0.3 is 14.5 Å². The van der Waals surface area contributed by atoms with Gasteiger partial charge in [-0.1, -0.05) is 24.3 Å². The van der Waals surface area contributed by atoms with E-state index < -0.39 is 0 Å². The summed E-state index contributed by atoms with van der Waals surface area (Å²) in [6.07, 6.45) is 1.90. The molecule has 1 amide bonds. The van der Waals surface area contributed by atoms with Crippen LogP contribution >= 0.6 is 0 Å². The lowest BCUT2D eigenvalue weighted by atomic mass is 10.1. The van der Waals surface area contributed by atoms with Crippen molar-refractivity contribution in [3.63, 3.8) is 0 Å². The molecule has 6 heteroatoms. The minimum Gasteiger partial charge on any atom is -0.496 e. The lowest BCUT2D eigenvalue weighted by Crippen LogP contribution is -2.48. The first-order valence-corrected chi connectivity index (χ1v) is 10.1. The van der Waals surface area contributed by atoms with Gasteiger partial charge >= 0.3 is 0 Å². The Labute approximate surface area is 172 Å². The molecule has 4 rings (SSSR count). The van der Waals surface area contributed by atoms with Gasteiger partial charge in [-0.25, -0.2) is 0 Å². The van der Waals surface area contributed by atoms with Crippen LogP contribution in [0.25, 0.3) is 10.9 Å². The van der Waals surface area contributed by atoms with Crippen LogP contribution in [0.15, 0.2) is 48.7 Å². The number of fused-ring (bicyclic) bond motifs is 1. The van der Waals surface area contributed by atoms with Gasteiger partial charge in [0.15, 0.2) is 0 Å². The van der Waals surface area contributed by atoms with Crippen LogP contribution in [-0.4, -0.2) is 53.9 Å². The van der Waals surface area contributed by atoms with Crippen molar-refractivity contribution in [3.8, 4) is 5.75 Å². The minimum atomic E-state index is 0.163. The van der Waals surface area contributed by atoms with E-state index in [9.17, 15) is 4.79 Å². The van der Waals surface area contributed by atoms with E-state index in [1.807, 2.05) is 34.8 Å². The zero-order valence-corrected chi connectivity index (χ0v) is 17.8. The number of aromatic nitrogens is 2. The largest absolute Gasteiger partial charge is 0.496 e. The molecule has 1 fully saturated rings. The van der Waals surface area contributed by atoms with E-state index in [1.54, 1.807) is 14.0 Å². The number of hydrogen-bond donors (Lipinski definition) is 0. The molecule has 0 aliphatic carbocycles. The Hall–Kier alpha value is -3.02. The summed E-state index contributed by atoms with van der Waals surface area (Å²) in [6, 6.07) is 14.5. The van der Waals surface area contributed by atoms with E-state index in [4.69, 9.17) is 4.74 Å². The highest BCUT2D eigenvalue weighted by atomic mass is 16.5. The highest BCUT2D eigenvalue weighted by Gasteiger charge is 2.19. The number of methoxy groups -OCH3 is 1. The quantitative estimate of drug-likeness (QED) is 0.679. The number of carbonyl (C=O) groups is 1. The van der Waals surface area contributed by atoms with E-state index in [0.717, 1.165) is 44.0 Å². The zero-order chi connectivity index (χ0) is 20.8. The number of ether oxygens (including phenoxy) is 1. The normalized spacial score (nSPS) is 13.8. The number of benzene rings is 2. The van der Waals surface area contributed by atoms with Gasteiger partial charge in [0, 0.05) is 56.8 Å². The van der Waals surface area contributed by atoms with Crippen LogP contribution in [0.4, 0.5) is 5.69 Å². The van der Waals surface area contributed by atoms with Crippen LogP contribution in [0.3, 0.4) is 0 Å². The summed E-state index contributed by atoms with van der Waals surface area (Å²) < 4.78 is 7.34. The lowest BCUT2D eigenvalue weighted by Gasteiger charge is -2.35. The molecule has 1 saturated heterocycles. The van der Waals surface area contributed by atoms with Gasteiger partial charge in [-0.2, -0.15) is 5.10 Å². The van der Waals surface area contributed by atoms with E-state index in [1.165, 1.54) is 16.6 Å². The van der Waals surface area contributed by atoms with Crippen LogP contribution in [0.2, 0.25) is 0 Å². The Kier molecular flexibility index (Phi) is 6.75. The maximum Gasteiger partial charge on any atom is 0.219 e. The SMILES string of the molecule is CCn1ncc2ccccc21.COc1cc(N2CCN(C(C)=O)CC2)ccc1C. The standard InChI is InChI=1S/C14H20N2O2.C9H10N2/c1-11-4-5-13(10-14(11)18-3)16-8-6-15(7-9-16)12(2)17;1-2-11-9-6-4-3-5-8(9)7-10-11/h4-5,10H,6-9H2,1-3H3;3-7H,2H2,1H3. The number of rotatable bonds is 3. The molecule has 29 heavy (non-hydrogen) atoms. The molecule has 0 N–H and O–H groups in total. The van der Waals surface area contributed by atoms with Crippen LogP contribution < -0.4 is 9.64 Å². The third-order valence-corrected chi connectivity index (χ3v) is 5.33. The highest BCUT2D eigenvalue weighted by Crippen LogP contribution is 2.25. The number of aryl methyl sites for hydroxylation is 2. The molecular formula is C23H30N4O2. The molecule has 1 aliphatic rings. The number of anilines is 1. The van der Waals surface area contributed by atoms with Crippen LogP contribution in [0.5, 0.6) is 5.75 Å². The third kappa shape index (κ3) is 4.88. The molecule has 0 atom stereocenters. The summed E-state index contributed by atoms with van der Waals surface area (Å²) >= 11 is 0. The van der Waals surface area contributed by atoms with Crippen molar-refractivity contribution in [2.75, 3.05) is 38.2 Å². The predicted molar refractivity (Wildman–Crippen MR) is 118 cm³/mol. The van der Waals surface area contributed by atoms with Crippen molar-refractivity contribution >= 4 is 22.5 Å². The van der Waals surface area contributed by atoms with E-state index in [2.05, 4.69) is 47.3 Å². The van der Waals surface area contributed by atoms with Crippen molar-refractivity contribution in [2.45, 2.75) is 27.3 Å². The topological polar surface area (TPSA) is 50.6 Å². The summed E-state index contributed by atoms with van der Waals surface area (Å²) in [4.78, 5) is 15.5. The molecule has 1 aromatic heterocycles. The molecule has 1 aliphatic heterocycles. The number of piperazine rings is 1. The highest BCUT2D eigenvalue weighted by molar-refractivity contribution is 5.78. The van der Waals surface area contributed by atoms with E-state index in [0.29, 0.717) is 0 Å². The summed E-state index contributed by atoms with van der Waals surface area (Å²) in [7, 11) is 1.69. The first kappa shape index (κ1) is 20.7. The molecular weight excluding hydrogens is 364 g/mol. The number of carbonyl (C=O) groups excluding carboxylic acids is 1. The van der Waals surface area contributed by atoms with Gasteiger partial charge in [-0.05, 0) is 31.5 Å². The van der Waals surface area contributed by atoms with Gasteiger partial charge in [0.2, 0.25) is 5.91 Å². The van der Waals surface area contributed by atoms with E-state index >= 15 is 0 Å². The Balaban J connectivity index is 0.000000186. The molecule has 0 radical (unpaired) electrons. The third-order valence-electron chi connectivity index (χ3n) is 5.33. The van der Waals surface area contributed by atoms with Gasteiger partial charge in [-0.15, -0.1) is 0 Å². The first-order chi connectivity index (χ1) is 14.0. The van der Waals surface area contributed by atoms with Gasteiger partial charge in [-0.3, -0.25) is 9.48 Å². The predicted octanol–water partition coefficient (Wildman–Crippen LogP) is 3.73. The number of amides is 1. The smallest absolute Gasteiger partial charge is 0.219 e. The summed E-state index contributed by atoms with van der Waals surface area (Å²) in [5, 5.41) is 5.45. The first-order valence-electron chi connectivity index (χ1n) is 10.1. The zero-order valence-electron chi connectivity index (χ0n) is 17.8. The lowest BCUT2D eigenvalue weighted by molar-refractivity contribution is -0.129. The maximum absolute atomic E-state index is 11.3. The second kappa shape index (κ2) is 9.45. The number of hydrogen-bond acceptors (Lipinski definition) is 4. The molecule has 6 nitrogen and oxygen atoms in total. The number of nitrogens with zero attached hydrogens (tertiary/aromatic N) is 4. The minimum absolute atomic E-state index is 0.163. The van der Waals surface area contributed by atoms with Crippen molar-refractivity contribution in [2.24, 2.45) is 0 Å². The molecule has 0 bridgehead atoms. The molecule has 0 unspecified atom stereocenters. The van der Waals surface area contributed by atoms with E-state index in [-0.39, 0.29) is 5.91 Å². The maximum atomic E-state index is 11.3. The molecule has 0 spiro atoms. The summed E-state index contributed by atoms with van der Waals surface area (Å²) in [5.41, 5.74) is 3.53. The Morgan fingerprint density at radius 3 is 2.48 bits per heavy atom. The summed E-state index contributed by atoms with van der Waals surface area (Å²) in [6.45, 7) is 10.1. The van der Waals surface area contributed by atoms with Gasteiger partial charge in [0.25, 0.3) is 0 Å². The second-order valence-corrected chi connectivity index (χ2v) is 7.17. The Morgan fingerprint density at radius 2 is 1.83 bits per heavy atom. The van der Waals surface area contributed by atoms with Crippen molar-refractivity contribution in [3.05, 3.63) is 54.2 Å². The van der Waals surface area contributed by atoms with Gasteiger partial charge in [0.1, 0.15) is 5.75 Å². The molecule has 2 heterocycles.